The number of Topliss-reactive ketones (excluding diaryl/α,β-unsaturated/α-hetero) is 1. The largest absolute Gasteiger partial charge is 0.332 e. The molecule has 0 spiro atoms. The van der Waals surface area contributed by atoms with Crippen LogP contribution in [0.5, 0.6) is 0 Å². The van der Waals surface area contributed by atoms with Crippen LogP contribution in [-0.4, -0.2) is 34.9 Å². The normalized spacial score (nSPS) is 27.4. The van der Waals surface area contributed by atoms with Crippen molar-refractivity contribution in [2.45, 2.75) is 83.1 Å². The topological polar surface area (TPSA) is 58.2 Å². The van der Waals surface area contributed by atoms with Crippen molar-refractivity contribution in [2.24, 2.45) is 5.41 Å². The van der Waals surface area contributed by atoms with E-state index in [1.54, 1.807) is 0 Å². The van der Waals surface area contributed by atoms with Gasteiger partial charge in [-0.3, -0.25) is 4.79 Å². The SMILES string of the molecule is CC(C)(C)CCCC(=O)CCCCC1SCC2NC(=O)NC21. The van der Waals surface area contributed by atoms with Crippen molar-refractivity contribution in [1.29, 1.82) is 0 Å². The number of rotatable bonds is 8. The Morgan fingerprint density at radius 2 is 1.91 bits per heavy atom. The number of ketones is 1. The van der Waals surface area contributed by atoms with Gasteiger partial charge in [-0.2, -0.15) is 11.8 Å². The van der Waals surface area contributed by atoms with Crippen LogP contribution in [0, 0.1) is 5.41 Å². The zero-order chi connectivity index (χ0) is 16.2. The molecule has 22 heavy (non-hydrogen) atoms. The van der Waals surface area contributed by atoms with Crippen LogP contribution in [0.4, 0.5) is 4.79 Å². The standard InChI is InChI=1S/C17H30N2O2S/c1-17(2,3)10-6-8-12(20)7-4-5-9-14-15-13(11-22-14)18-16(21)19-15/h13-15H,4-11H2,1-3H3,(H2,18,19,21). The third-order valence-corrected chi connectivity index (χ3v) is 6.02. The Labute approximate surface area is 138 Å². The molecule has 126 valence electrons. The molecule has 2 N–H and O–H groups in total. The van der Waals surface area contributed by atoms with Gasteiger partial charge in [0, 0.05) is 23.8 Å². The van der Waals surface area contributed by atoms with Crippen molar-refractivity contribution >= 4 is 23.6 Å². The molecule has 3 unspecified atom stereocenters. The molecule has 0 aromatic rings. The van der Waals surface area contributed by atoms with E-state index in [4.69, 9.17) is 0 Å². The van der Waals surface area contributed by atoms with E-state index in [-0.39, 0.29) is 6.03 Å². The van der Waals surface area contributed by atoms with Crippen molar-refractivity contribution in [3.05, 3.63) is 0 Å². The fourth-order valence-corrected chi connectivity index (χ4v) is 4.80. The predicted octanol–water partition coefficient (Wildman–Crippen LogP) is 3.50. The summed E-state index contributed by atoms with van der Waals surface area (Å²) in [7, 11) is 0. The maximum Gasteiger partial charge on any atom is 0.315 e. The van der Waals surface area contributed by atoms with Gasteiger partial charge in [0.15, 0.2) is 0 Å². The first-order valence-electron chi connectivity index (χ1n) is 8.55. The molecule has 0 aromatic carbocycles. The quantitative estimate of drug-likeness (QED) is 0.530. The third-order valence-electron chi connectivity index (χ3n) is 4.51. The molecule has 2 aliphatic heterocycles. The molecule has 2 rings (SSSR count). The first-order chi connectivity index (χ1) is 10.3. The fraction of sp³-hybridized carbons (Fsp3) is 0.882. The number of nitrogens with one attached hydrogen (secondary N) is 2. The zero-order valence-electron chi connectivity index (χ0n) is 14.1. The molecule has 5 heteroatoms. The molecule has 2 heterocycles. The monoisotopic (exact) mass is 326 g/mol. The molecule has 0 saturated carbocycles. The molecule has 2 saturated heterocycles. The molecule has 4 nitrogen and oxygen atoms in total. The first kappa shape index (κ1) is 17.6. The Balaban J connectivity index is 1.54. The van der Waals surface area contributed by atoms with Crippen LogP contribution in [0.3, 0.4) is 0 Å². The highest BCUT2D eigenvalue weighted by atomic mass is 32.2. The molecule has 3 atom stereocenters. The Hall–Kier alpha value is -0.710. The minimum atomic E-state index is -0.0191. The summed E-state index contributed by atoms with van der Waals surface area (Å²) in [5.41, 5.74) is 0.330. The lowest BCUT2D eigenvalue weighted by Gasteiger charge is -2.17. The maximum atomic E-state index is 11.9. The lowest BCUT2D eigenvalue weighted by molar-refractivity contribution is -0.119. The second-order valence-electron chi connectivity index (χ2n) is 7.82. The summed E-state index contributed by atoms with van der Waals surface area (Å²) in [6.07, 6.45) is 6.77. The molecule has 0 aliphatic carbocycles. The number of urea groups is 1. The van der Waals surface area contributed by atoms with Crippen LogP contribution in [0.1, 0.15) is 65.7 Å². The van der Waals surface area contributed by atoms with Crippen molar-refractivity contribution < 1.29 is 9.59 Å². The Morgan fingerprint density at radius 1 is 1.18 bits per heavy atom. The smallest absolute Gasteiger partial charge is 0.315 e. The highest BCUT2D eigenvalue weighted by Gasteiger charge is 2.42. The van der Waals surface area contributed by atoms with Gasteiger partial charge >= 0.3 is 6.03 Å². The van der Waals surface area contributed by atoms with E-state index in [9.17, 15) is 9.59 Å². The van der Waals surface area contributed by atoms with E-state index in [0.717, 1.165) is 50.7 Å². The van der Waals surface area contributed by atoms with Gasteiger partial charge in [-0.05, 0) is 31.1 Å². The second-order valence-corrected chi connectivity index (χ2v) is 9.09. The number of carbonyl (C=O) groups is 2. The summed E-state index contributed by atoms with van der Waals surface area (Å²) in [6.45, 7) is 6.67. The number of carbonyl (C=O) groups excluding carboxylic acids is 2. The van der Waals surface area contributed by atoms with Crippen LogP contribution in [0.25, 0.3) is 0 Å². The van der Waals surface area contributed by atoms with Gasteiger partial charge < -0.3 is 10.6 Å². The molecule has 2 amide bonds. The third kappa shape index (κ3) is 5.49. The predicted molar refractivity (Wildman–Crippen MR) is 92.3 cm³/mol. The lowest BCUT2D eigenvalue weighted by atomic mass is 9.89. The molecule has 0 radical (unpaired) electrons. The summed E-state index contributed by atoms with van der Waals surface area (Å²) in [5, 5.41) is 6.50. The van der Waals surface area contributed by atoms with E-state index < -0.39 is 0 Å². The van der Waals surface area contributed by atoms with E-state index in [1.807, 2.05) is 11.8 Å². The number of fused-ring (bicyclic) bond motifs is 1. The van der Waals surface area contributed by atoms with Crippen LogP contribution < -0.4 is 10.6 Å². The van der Waals surface area contributed by atoms with E-state index in [2.05, 4.69) is 31.4 Å². The highest BCUT2D eigenvalue weighted by Crippen LogP contribution is 2.33. The Bertz CT molecular complexity index is 406. The summed E-state index contributed by atoms with van der Waals surface area (Å²) < 4.78 is 0. The minimum Gasteiger partial charge on any atom is -0.332 e. The van der Waals surface area contributed by atoms with Gasteiger partial charge in [-0.25, -0.2) is 4.79 Å². The van der Waals surface area contributed by atoms with Gasteiger partial charge in [0.1, 0.15) is 5.78 Å². The van der Waals surface area contributed by atoms with Gasteiger partial charge in [0.25, 0.3) is 0 Å². The van der Waals surface area contributed by atoms with Crippen LogP contribution in [0.2, 0.25) is 0 Å². The molecule has 2 fully saturated rings. The molecular weight excluding hydrogens is 296 g/mol. The average molecular weight is 327 g/mol. The fourth-order valence-electron chi connectivity index (χ4n) is 3.25. The highest BCUT2D eigenvalue weighted by molar-refractivity contribution is 8.00. The van der Waals surface area contributed by atoms with Crippen molar-refractivity contribution in [2.75, 3.05) is 5.75 Å². The minimum absolute atomic E-state index is 0.0191. The van der Waals surface area contributed by atoms with Gasteiger partial charge in [-0.15, -0.1) is 0 Å². The van der Waals surface area contributed by atoms with Crippen molar-refractivity contribution in [3.8, 4) is 0 Å². The Kier molecular flexibility index (Phi) is 6.18. The first-order valence-corrected chi connectivity index (χ1v) is 9.60. The van der Waals surface area contributed by atoms with Crippen molar-refractivity contribution in [3.63, 3.8) is 0 Å². The number of thioether (sulfide) groups is 1. The molecule has 0 bridgehead atoms. The molecular formula is C17H30N2O2S. The zero-order valence-corrected chi connectivity index (χ0v) is 14.9. The van der Waals surface area contributed by atoms with Crippen molar-refractivity contribution in [1.82, 2.24) is 10.6 Å². The van der Waals surface area contributed by atoms with Gasteiger partial charge in [-0.1, -0.05) is 27.2 Å². The number of unbranched alkanes of at least 4 members (excludes halogenated alkanes) is 1. The summed E-state index contributed by atoms with van der Waals surface area (Å²) >= 11 is 1.95. The van der Waals surface area contributed by atoms with E-state index >= 15 is 0 Å². The van der Waals surface area contributed by atoms with Gasteiger partial charge in [0.2, 0.25) is 0 Å². The maximum absolute atomic E-state index is 11.9. The van der Waals surface area contributed by atoms with Crippen LogP contribution in [-0.2, 0) is 4.79 Å². The summed E-state index contributed by atoms with van der Waals surface area (Å²) in [6, 6.07) is 0.579. The van der Waals surface area contributed by atoms with E-state index in [0.29, 0.717) is 28.5 Å². The number of amides is 2. The average Bonchev–Trinajstić information content (AvgIpc) is 2.93. The van der Waals surface area contributed by atoms with Crippen LogP contribution in [0.15, 0.2) is 0 Å². The van der Waals surface area contributed by atoms with Gasteiger partial charge in [0.05, 0.1) is 12.1 Å². The van der Waals surface area contributed by atoms with Crippen LogP contribution >= 0.6 is 11.8 Å². The number of hydrogen-bond donors (Lipinski definition) is 2. The molecule has 0 aromatic heterocycles. The Morgan fingerprint density at radius 3 is 2.64 bits per heavy atom. The second kappa shape index (κ2) is 7.71. The number of hydrogen-bond acceptors (Lipinski definition) is 3. The molecule has 2 aliphatic rings. The van der Waals surface area contributed by atoms with E-state index in [1.165, 1.54) is 0 Å². The summed E-state index contributed by atoms with van der Waals surface area (Å²) in [4.78, 5) is 23.2. The summed E-state index contributed by atoms with van der Waals surface area (Å²) in [5.74, 6) is 1.43. The lowest BCUT2D eigenvalue weighted by Crippen LogP contribution is -2.36.